The second kappa shape index (κ2) is 10.4. The van der Waals surface area contributed by atoms with Crippen molar-refractivity contribution in [2.45, 2.75) is 51.9 Å². The number of H-pyrrole nitrogens is 1. The second-order valence-electron chi connectivity index (χ2n) is 13.2. The van der Waals surface area contributed by atoms with Crippen LogP contribution in [0.1, 0.15) is 52.6 Å². The zero-order valence-corrected chi connectivity index (χ0v) is 26.1. The van der Waals surface area contributed by atoms with Gasteiger partial charge >= 0.3 is 6.09 Å². The maximum atomic E-state index is 14.3. The van der Waals surface area contributed by atoms with Gasteiger partial charge in [0, 0.05) is 65.5 Å². The predicted molar refractivity (Wildman–Crippen MR) is 177 cm³/mol. The third-order valence-electron chi connectivity index (χ3n) is 8.96. The van der Waals surface area contributed by atoms with Crippen LogP contribution in [0.4, 0.5) is 4.79 Å². The molecule has 3 N–H and O–H groups in total. The number of carbonyl (C=O) groups is 4. The van der Waals surface area contributed by atoms with E-state index in [9.17, 15) is 19.2 Å². The zero-order chi connectivity index (χ0) is 32.6. The molecule has 11 heteroatoms. The lowest BCUT2D eigenvalue weighted by molar-refractivity contribution is -0.134. The summed E-state index contributed by atoms with van der Waals surface area (Å²) in [6.07, 6.45) is 2.92. The number of aromatic nitrogens is 3. The van der Waals surface area contributed by atoms with Crippen molar-refractivity contribution in [2.75, 3.05) is 6.54 Å². The first-order chi connectivity index (χ1) is 22.6. The molecule has 0 unspecified atom stereocenters. The molecule has 0 aliphatic carbocycles. The molecule has 47 heavy (non-hydrogen) atoms. The van der Waals surface area contributed by atoms with Crippen molar-refractivity contribution in [3.8, 4) is 0 Å². The van der Waals surface area contributed by atoms with Crippen LogP contribution in [-0.4, -0.2) is 61.4 Å². The molecule has 2 aliphatic rings. The number of imide groups is 1. The summed E-state index contributed by atoms with van der Waals surface area (Å²) in [5.41, 5.74) is 5.09. The van der Waals surface area contributed by atoms with Crippen molar-refractivity contribution >= 4 is 67.4 Å². The highest BCUT2D eigenvalue weighted by Gasteiger charge is 2.37. The minimum atomic E-state index is -0.888. The van der Waals surface area contributed by atoms with Crippen LogP contribution >= 0.6 is 0 Å². The van der Waals surface area contributed by atoms with Gasteiger partial charge in [-0.3, -0.25) is 24.7 Å². The second-order valence-corrected chi connectivity index (χ2v) is 13.2. The summed E-state index contributed by atoms with van der Waals surface area (Å²) < 4.78 is 7.68. The summed E-state index contributed by atoms with van der Waals surface area (Å²) in [4.78, 5) is 63.3. The quantitative estimate of drug-likeness (QED) is 0.230. The Morgan fingerprint density at radius 3 is 2.47 bits per heavy atom. The van der Waals surface area contributed by atoms with Gasteiger partial charge in [-0.25, -0.2) is 4.79 Å². The van der Waals surface area contributed by atoms with Crippen LogP contribution in [-0.2, 0) is 29.0 Å². The molecule has 0 radical (unpaired) electrons. The number of rotatable bonds is 4. The molecule has 3 aromatic heterocycles. The Kier molecular flexibility index (Phi) is 6.37. The van der Waals surface area contributed by atoms with E-state index in [-0.39, 0.29) is 18.9 Å². The molecule has 1 atom stereocenters. The smallest absolute Gasteiger partial charge is 0.408 e. The van der Waals surface area contributed by atoms with Gasteiger partial charge in [0.15, 0.2) is 0 Å². The van der Waals surface area contributed by atoms with Gasteiger partial charge in [0.2, 0.25) is 5.91 Å². The Morgan fingerprint density at radius 1 is 0.936 bits per heavy atom. The minimum absolute atomic E-state index is 0.242. The lowest BCUT2D eigenvalue weighted by atomic mass is 9.96. The number of ether oxygens (including phenoxy) is 1. The van der Waals surface area contributed by atoms with E-state index < -0.39 is 29.6 Å². The normalized spacial score (nSPS) is 15.3. The molecule has 11 nitrogen and oxygen atoms in total. The van der Waals surface area contributed by atoms with E-state index in [1.165, 1.54) is 0 Å². The van der Waals surface area contributed by atoms with Gasteiger partial charge in [-0.2, -0.15) is 0 Å². The maximum Gasteiger partial charge on any atom is 0.408 e. The van der Waals surface area contributed by atoms with Crippen LogP contribution in [0.2, 0.25) is 0 Å². The van der Waals surface area contributed by atoms with Crippen molar-refractivity contribution in [3.63, 3.8) is 0 Å². The van der Waals surface area contributed by atoms with Crippen LogP contribution in [0.25, 0.3) is 43.6 Å². The first kappa shape index (κ1) is 28.7. The van der Waals surface area contributed by atoms with E-state index in [4.69, 9.17) is 4.74 Å². The lowest BCUT2D eigenvalue weighted by Gasteiger charge is -2.28. The number of hydrogen-bond donors (Lipinski definition) is 3. The zero-order valence-electron chi connectivity index (χ0n) is 26.1. The highest BCUT2D eigenvalue weighted by molar-refractivity contribution is 6.39. The molecule has 0 bridgehead atoms. The summed E-state index contributed by atoms with van der Waals surface area (Å²) in [6, 6.07) is 16.4. The van der Waals surface area contributed by atoms with E-state index in [0.717, 1.165) is 49.4 Å². The molecule has 8 rings (SSSR count). The van der Waals surface area contributed by atoms with Gasteiger partial charge in [0.05, 0.1) is 27.7 Å². The summed E-state index contributed by atoms with van der Waals surface area (Å²) in [7, 11) is 0. The van der Waals surface area contributed by atoms with Crippen molar-refractivity contribution < 1.29 is 23.9 Å². The van der Waals surface area contributed by atoms with Crippen molar-refractivity contribution in [1.82, 2.24) is 30.1 Å². The Hall–Kier alpha value is -5.71. The van der Waals surface area contributed by atoms with E-state index in [2.05, 4.69) is 25.2 Å². The standard InChI is InChI=1S/C36H32N6O5/c1-36(2,3)47-35(46)39-24(16-19-8-7-13-37-17-19)34(45)41-14-15-42-30-20(18-41)9-6-11-22(30)26-28-27(32(43)40-33(28)44)25-21-10-4-5-12-23(21)38-29(25)31(26)42/h4-13,17,24,38H,14-16,18H2,1-3H3,(H,39,46)(H,40,43,44)/t24-/m0/s1. The number of nitrogens with one attached hydrogen (secondary N) is 3. The van der Waals surface area contributed by atoms with Crippen molar-refractivity contribution in [1.29, 1.82) is 0 Å². The number of nitrogens with zero attached hydrogens (tertiary/aromatic N) is 3. The molecule has 0 fully saturated rings. The summed E-state index contributed by atoms with van der Waals surface area (Å²) in [6.45, 7) is 6.38. The van der Waals surface area contributed by atoms with Crippen molar-refractivity contribution in [3.05, 3.63) is 89.2 Å². The number of benzene rings is 3. The fourth-order valence-electron chi connectivity index (χ4n) is 7.18. The van der Waals surface area contributed by atoms with Gasteiger partial charge < -0.3 is 24.5 Å². The molecule has 2 aliphatic heterocycles. The molecule has 3 aromatic carbocycles. The molecular formula is C36H32N6O5. The van der Waals surface area contributed by atoms with Gasteiger partial charge in [-0.1, -0.05) is 42.5 Å². The first-order valence-electron chi connectivity index (χ1n) is 15.6. The molecule has 0 spiro atoms. The molecular weight excluding hydrogens is 596 g/mol. The van der Waals surface area contributed by atoms with Gasteiger partial charge in [0.1, 0.15) is 11.6 Å². The third-order valence-corrected chi connectivity index (χ3v) is 8.96. The number of fused-ring (bicyclic) bond motifs is 10. The van der Waals surface area contributed by atoms with Gasteiger partial charge in [-0.15, -0.1) is 0 Å². The third kappa shape index (κ3) is 4.60. The number of hydrogen-bond acceptors (Lipinski definition) is 6. The molecule has 5 heterocycles. The Bertz CT molecular complexity index is 2310. The largest absolute Gasteiger partial charge is 0.444 e. The summed E-state index contributed by atoms with van der Waals surface area (Å²) in [5, 5.41) is 8.49. The van der Waals surface area contributed by atoms with Gasteiger partial charge in [0.25, 0.3) is 11.8 Å². The van der Waals surface area contributed by atoms with Crippen LogP contribution in [0, 0.1) is 0 Å². The monoisotopic (exact) mass is 628 g/mol. The molecule has 4 amide bonds. The Morgan fingerprint density at radius 2 is 1.70 bits per heavy atom. The van der Waals surface area contributed by atoms with Crippen LogP contribution in [0.3, 0.4) is 0 Å². The SMILES string of the molecule is CC(C)(C)OC(=O)N[C@@H](Cc1cccnc1)C(=O)N1CCn2c3c(cccc3c3c4c(c5c6ccccc6[nH]c5c32)C(=O)NC4=O)C1. The highest BCUT2D eigenvalue weighted by Crippen LogP contribution is 2.44. The fraction of sp³-hybridized carbons (Fsp3) is 0.250. The minimum Gasteiger partial charge on any atom is -0.444 e. The maximum absolute atomic E-state index is 14.3. The molecule has 6 aromatic rings. The number of pyridine rings is 1. The topological polar surface area (TPSA) is 138 Å². The fourth-order valence-corrected chi connectivity index (χ4v) is 7.18. The van der Waals surface area contributed by atoms with Gasteiger partial charge in [-0.05, 0) is 44.0 Å². The first-order valence-corrected chi connectivity index (χ1v) is 15.6. The Labute approximate surface area is 268 Å². The van der Waals surface area contributed by atoms with E-state index in [0.29, 0.717) is 29.6 Å². The number of para-hydroxylation sites is 2. The van der Waals surface area contributed by atoms with E-state index in [1.807, 2.05) is 48.5 Å². The molecule has 0 saturated heterocycles. The number of carbonyl (C=O) groups excluding carboxylic acids is 4. The van der Waals surface area contributed by atoms with Crippen LogP contribution in [0.15, 0.2) is 67.0 Å². The number of amides is 4. The van der Waals surface area contributed by atoms with Crippen LogP contribution < -0.4 is 10.6 Å². The average molecular weight is 629 g/mol. The predicted octanol–water partition coefficient (Wildman–Crippen LogP) is 5.19. The van der Waals surface area contributed by atoms with E-state index >= 15 is 0 Å². The summed E-state index contributed by atoms with van der Waals surface area (Å²) >= 11 is 0. The van der Waals surface area contributed by atoms with Crippen LogP contribution in [0.5, 0.6) is 0 Å². The van der Waals surface area contributed by atoms with E-state index in [1.54, 1.807) is 44.1 Å². The number of aromatic amines is 1. The Balaban J connectivity index is 1.26. The molecule has 236 valence electrons. The molecule has 0 saturated carbocycles. The average Bonchev–Trinajstić information content (AvgIpc) is 3.61. The van der Waals surface area contributed by atoms with Crippen molar-refractivity contribution in [2.24, 2.45) is 0 Å². The lowest BCUT2D eigenvalue weighted by Crippen LogP contribution is -2.51. The summed E-state index contributed by atoms with van der Waals surface area (Å²) in [5.74, 6) is -1.06. The highest BCUT2D eigenvalue weighted by atomic mass is 16.6. The number of alkyl carbamates (subject to hydrolysis) is 1.